The van der Waals surface area contributed by atoms with Crippen LogP contribution in [0.15, 0.2) is 30.3 Å². The third kappa shape index (κ3) is 3.98. The topological polar surface area (TPSA) is 61.4 Å². The van der Waals surface area contributed by atoms with Gasteiger partial charge in [0, 0.05) is 13.1 Å². The Bertz CT molecular complexity index is 557. The highest BCUT2D eigenvalue weighted by molar-refractivity contribution is 5.86. The zero-order valence-corrected chi connectivity index (χ0v) is 13.6. The van der Waals surface area contributed by atoms with Crippen molar-refractivity contribution in [2.75, 3.05) is 6.54 Å². The summed E-state index contributed by atoms with van der Waals surface area (Å²) in [4.78, 5) is 26.3. The quantitative estimate of drug-likeness (QED) is 0.838. The SMILES string of the molecule is CC(=O)C1CC(C(=O)N(Cc2ccccc2)CC2CCC2)NN1. The molecule has 1 saturated heterocycles. The monoisotopic (exact) mass is 315 g/mol. The van der Waals surface area contributed by atoms with E-state index >= 15 is 0 Å². The van der Waals surface area contributed by atoms with Gasteiger partial charge in [0.25, 0.3) is 0 Å². The van der Waals surface area contributed by atoms with E-state index in [0.717, 1.165) is 12.1 Å². The van der Waals surface area contributed by atoms with Crippen LogP contribution in [0.5, 0.6) is 0 Å². The molecular formula is C18H25N3O2. The largest absolute Gasteiger partial charge is 0.337 e. The van der Waals surface area contributed by atoms with Crippen molar-refractivity contribution in [3.8, 4) is 0 Å². The molecule has 124 valence electrons. The zero-order chi connectivity index (χ0) is 16.2. The molecule has 0 spiro atoms. The lowest BCUT2D eigenvalue weighted by Gasteiger charge is -2.33. The lowest BCUT2D eigenvalue weighted by atomic mass is 9.85. The van der Waals surface area contributed by atoms with Gasteiger partial charge in [-0.1, -0.05) is 36.8 Å². The fourth-order valence-corrected chi connectivity index (χ4v) is 3.23. The summed E-state index contributed by atoms with van der Waals surface area (Å²) in [6.07, 6.45) is 4.23. The summed E-state index contributed by atoms with van der Waals surface area (Å²) in [6.45, 7) is 3.01. The van der Waals surface area contributed by atoms with Crippen LogP contribution in [0.1, 0.15) is 38.2 Å². The number of nitrogens with one attached hydrogen (secondary N) is 2. The van der Waals surface area contributed by atoms with Crippen LogP contribution >= 0.6 is 0 Å². The third-order valence-corrected chi connectivity index (χ3v) is 4.92. The van der Waals surface area contributed by atoms with E-state index in [4.69, 9.17) is 0 Å². The van der Waals surface area contributed by atoms with Crippen LogP contribution in [0, 0.1) is 5.92 Å². The van der Waals surface area contributed by atoms with E-state index in [1.54, 1.807) is 6.92 Å². The molecule has 23 heavy (non-hydrogen) atoms. The molecule has 2 unspecified atom stereocenters. The Labute approximate surface area is 137 Å². The molecule has 5 nitrogen and oxygen atoms in total. The summed E-state index contributed by atoms with van der Waals surface area (Å²) < 4.78 is 0. The van der Waals surface area contributed by atoms with E-state index < -0.39 is 0 Å². The first-order chi connectivity index (χ1) is 11.1. The highest BCUT2D eigenvalue weighted by atomic mass is 16.2. The van der Waals surface area contributed by atoms with E-state index in [1.807, 2.05) is 23.1 Å². The predicted molar refractivity (Wildman–Crippen MR) is 88.3 cm³/mol. The molecule has 1 aliphatic carbocycles. The molecular weight excluding hydrogens is 290 g/mol. The maximum atomic E-state index is 12.9. The Morgan fingerprint density at radius 2 is 1.83 bits per heavy atom. The molecule has 1 aromatic carbocycles. The van der Waals surface area contributed by atoms with Crippen LogP contribution in [0.3, 0.4) is 0 Å². The van der Waals surface area contributed by atoms with E-state index in [1.165, 1.54) is 19.3 Å². The Kier molecular flexibility index (Phi) is 5.08. The highest BCUT2D eigenvalue weighted by Crippen LogP contribution is 2.28. The molecule has 0 bridgehead atoms. The number of Topliss-reactive ketones (excluding diaryl/α,β-unsaturated/α-hetero) is 1. The summed E-state index contributed by atoms with van der Waals surface area (Å²) in [5, 5.41) is 0. The maximum absolute atomic E-state index is 12.9. The lowest BCUT2D eigenvalue weighted by Crippen LogP contribution is -2.47. The average Bonchev–Trinajstić information content (AvgIpc) is 3.00. The van der Waals surface area contributed by atoms with Gasteiger partial charge in [-0.05, 0) is 37.7 Å². The van der Waals surface area contributed by atoms with Crippen molar-refractivity contribution in [1.29, 1.82) is 0 Å². The first kappa shape index (κ1) is 16.1. The Hall–Kier alpha value is -1.72. The Morgan fingerprint density at radius 3 is 2.39 bits per heavy atom. The third-order valence-electron chi connectivity index (χ3n) is 4.92. The van der Waals surface area contributed by atoms with Gasteiger partial charge in [0.1, 0.15) is 11.8 Å². The molecule has 2 N–H and O–H groups in total. The maximum Gasteiger partial charge on any atom is 0.241 e. The van der Waals surface area contributed by atoms with Crippen molar-refractivity contribution in [2.24, 2.45) is 5.92 Å². The number of hydrogen-bond donors (Lipinski definition) is 2. The van der Waals surface area contributed by atoms with Gasteiger partial charge >= 0.3 is 0 Å². The highest BCUT2D eigenvalue weighted by Gasteiger charge is 2.35. The number of ketones is 1. The second-order valence-electron chi connectivity index (χ2n) is 6.74. The van der Waals surface area contributed by atoms with Gasteiger partial charge in [-0.3, -0.25) is 9.59 Å². The minimum absolute atomic E-state index is 0.0707. The average molecular weight is 315 g/mol. The van der Waals surface area contributed by atoms with Crippen LogP contribution in [0.25, 0.3) is 0 Å². The van der Waals surface area contributed by atoms with Crippen molar-refractivity contribution in [3.05, 3.63) is 35.9 Å². The molecule has 1 heterocycles. The van der Waals surface area contributed by atoms with Crippen LogP contribution in [0.2, 0.25) is 0 Å². The van der Waals surface area contributed by atoms with Gasteiger partial charge in [0.15, 0.2) is 0 Å². The molecule has 2 fully saturated rings. The zero-order valence-electron chi connectivity index (χ0n) is 13.6. The summed E-state index contributed by atoms with van der Waals surface area (Å²) in [6, 6.07) is 9.53. The van der Waals surface area contributed by atoms with Crippen molar-refractivity contribution in [1.82, 2.24) is 15.8 Å². The minimum atomic E-state index is -0.312. The molecule has 5 heteroatoms. The minimum Gasteiger partial charge on any atom is -0.337 e. The number of carbonyl (C=O) groups excluding carboxylic acids is 2. The molecule has 0 radical (unpaired) electrons. The molecule has 2 aliphatic rings. The van der Waals surface area contributed by atoms with Gasteiger partial charge in [-0.25, -0.2) is 10.9 Å². The second kappa shape index (κ2) is 7.23. The number of hydrazine groups is 1. The first-order valence-electron chi connectivity index (χ1n) is 8.47. The number of rotatable bonds is 6. The Balaban J connectivity index is 1.66. The van der Waals surface area contributed by atoms with Crippen molar-refractivity contribution >= 4 is 11.7 Å². The van der Waals surface area contributed by atoms with Crippen LogP contribution < -0.4 is 10.9 Å². The second-order valence-corrected chi connectivity index (χ2v) is 6.74. The molecule has 1 saturated carbocycles. The summed E-state index contributed by atoms with van der Waals surface area (Å²) in [7, 11) is 0. The summed E-state index contributed by atoms with van der Waals surface area (Å²) in [5.41, 5.74) is 7.09. The van der Waals surface area contributed by atoms with Gasteiger partial charge in [0.2, 0.25) is 5.91 Å². The van der Waals surface area contributed by atoms with Gasteiger partial charge < -0.3 is 4.90 Å². The normalized spacial score (nSPS) is 24.2. The summed E-state index contributed by atoms with van der Waals surface area (Å²) in [5.74, 6) is 0.791. The predicted octanol–water partition coefficient (Wildman–Crippen LogP) is 1.64. The molecule has 1 aromatic rings. The van der Waals surface area contributed by atoms with E-state index in [2.05, 4.69) is 23.0 Å². The number of benzene rings is 1. The Morgan fingerprint density at radius 1 is 1.13 bits per heavy atom. The number of amides is 1. The van der Waals surface area contributed by atoms with Crippen LogP contribution in [-0.2, 0) is 16.1 Å². The lowest BCUT2D eigenvalue weighted by molar-refractivity contribution is -0.135. The molecule has 0 aromatic heterocycles. The number of carbonyl (C=O) groups is 2. The van der Waals surface area contributed by atoms with Crippen molar-refractivity contribution in [2.45, 2.75) is 51.2 Å². The molecule has 3 rings (SSSR count). The number of nitrogens with zero attached hydrogens (tertiary/aromatic N) is 1. The fourth-order valence-electron chi connectivity index (χ4n) is 3.23. The smallest absolute Gasteiger partial charge is 0.241 e. The standard InChI is InChI=1S/C18H25N3O2/c1-13(22)16-10-17(20-19-16)18(23)21(12-15-8-5-9-15)11-14-6-3-2-4-7-14/h2-4,6-7,15-17,19-20H,5,8-12H2,1H3. The van der Waals surface area contributed by atoms with Crippen molar-refractivity contribution < 1.29 is 9.59 Å². The van der Waals surface area contributed by atoms with Gasteiger partial charge in [-0.2, -0.15) is 0 Å². The van der Waals surface area contributed by atoms with E-state index in [0.29, 0.717) is 18.9 Å². The van der Waals surface area contributed by atoms with Crippen LogP contribution in [-0.4, -0.2) is 35.2 Å². The first-order valence-corrected chi connectivity index (χ1v) is 8.47. The van der Waals surface area contributed by atoms with Crippen molar-refractivity contribution in [3.63, 3.8) is 0 Å². The molecule has 1 aliphatic heterocycles. The molecule has 2 atom stereocenters. The van der Waals surface area contributed by atoms with Gasteiger partial charge in [-0.15, -0.1) is 0 Å². The summed E-state index contributed by atoms with van der Waals surface area (Å²) >= 11 is 0. The van der Waals surface area contributed by atoms with Gasteiger partial charge in [0.05, 0.1) is 6.04 Å². The van der Waals surface area contributed by atoms with Crippen LogP contribution in [0.4, 0.5) is 0 Å². The fraction of sp³-hybridized carbons (Fsp3) is 0.556. The molecule has 1 amide bonds. The van der Waals surface area contributed by atoms with E-state index in [-0.39, 0.29) is 23.8 Å². The van der Waals surface area contributed by atoms with E-state index in [9.17, 15) is 9.59 Å². The number of hydrogen-bond acceptors (Lipinski definition) is 4.